The first-order valence-electron chi connectivity index (χ1n) is 16.3. The van der Waals surface area contributed by atoms with Crippen LogP contribution in [0.4, 0.5) is 0 Å². The molecule has 54 heavy (non-hydrogen) atoms. The molecule has 0 aliphatic rings. The van der Waals surface area contributed by atoms with Crippen molar-refractivity contribution in [1.82, 2.24) is 0 Å². The SMILES string of the molecule is Cc1cc(O)cc(O)c1C(=O)O[C@@H](C)Cc1cc(O)cc(O)c1C(=O)O[C@@H](C)Cc1cc(O)cc(O)c1C(=O)O[C@@H](C)Cc1cc(O)cc(O)c1C(=O)O. The second kappa shape index (κ2) is 16.2. The van der Waals surface area contributed by atoms with E-state index < -0.39 is 99.1 Å². The van der Waals surface area contributed by atoms with Crippen molar-refractivity contribution in [2.45, 2.75) is 65.3 Å². The first-order valence-corrected chi connectivity index (χ1v) is 16.3. The molecule has 0 spiro atoms. The molecule has 0 saturated carbocycles. The van der Waals surface area contributed by atoms with Crippen molar-refractivity contribution in [2.75, 3.05) is 0 Å². The Balaban J connectivity index is 1.51. The molecule has 0 aliphatic heterocycles. The van der Waals surface area contributed by atoms with Gasteiger partial charge in [0, 0.05) is 43.5 Å². The summed E-state index contributed by atoms with van der Waals surface area (Å²) in [6.07, 6.45) is -3.96. The van der Waals surface area contributed by atoms with Gasteiger partial charge < -0.3 is 60.2 Å². The van der Waals surface area contributed by atoms with E-state index in [1.54, 1.807) is 0 Å². The highest BCUT2D eigenvalue weighted by molar-refractivity contribution is 5.96. The zero-order chi connectivity index (χ0) is 40.2. The first-order chi connectivity index (χ1) is 25.2. The Kier molecular flexibility index (Phi) is 12.0. The number of hydrogen-bond donors (Lipinski definition) is 9. The summed E-state index contributed by atoms with van der Waals surface area (Å²) >= 11 is 0. The quantitative estimate of drug-likeness (QED) is 0.0661. The van der Waals surface area contributed by atoms with E-state index in [9.17, 15) is 65.1 Å². The zero-order valence-electron chi connectivity index (χ0n) is 29.4. The molecular weight excluding hydrogens is 712 g/mol. The Morgan fingerprint density at radius 1 is 0.463 bits per heavy atom. The zero-order valence-corrected chi connectivity index (χ0v) is 29.4. The maximum Gasteiger partial charge on any atom is 0.342 e. The summed E-state index contributed by atoms with van der Waals surface area (Å²) < 4.78 is 16.4. The number of carboxylic acids is 1. The van der Waals surface area contributed by atoms with Gasteiger partial charge in [0.1, 0.15) is 86.6 Å². The predicted octanol–water partition coefficient (Wildman–Crippen LogP) is 4.70. The molecule has 4 aromatic carbocycles. The van der Waals surface area contributed by atoms with Gasteiger partial charge in [0.05, 0.1) is 0 Å². The van der Waals surface area contributed by atoms with Gasteiger partial charge in [-0.05, 0) is 74.2 Å². The van der Waals surface area contributed by atoms with Crippen LogP contribution >= 0.6 is 0 Å². The maximum atomic E-state index is 13.4. The first kappa shape index (κ1) is 39.9. The minimum Gasteiger partial charge on any atom is -0.508 e. The highest BCUT2D eigenvalue weighted by Crippen LogP contribution is 2.34. The van der Waals surface area contributed by atoms with Gasteiger partial charge in [-0.15, -0.1) is 0 Å². The molecule has 9 N–H and O–H groups in total. The van der Waals surface area contributed by atoms with E-state index in [1.807, 2.05) is 0 Å². The number of benzene rings is 4. The van der Waals surface area contributed by atoms with E-state index in [2.05, 4.69) is 0 Å². The number of hydrogen-bond acceptors (Lipinski definition) is 15. The summed E-state index contributed by atoms with van der Waals surface area (Å²) in [5, 5.41) is 90.9. The lowest BCUT2D eigenvalue weighted by atomic mass is 9.98. The number of aryl methyl sites for hydroxylation is 1. The van der Waals surface area contributed by atoms with Crippen molar-refractivity contribution in [1.29, 1.82) is 0 Å². The van der Waals surface area contributed by atoms with Crippen LogP contribution in [0, 0.1) is 6.92 Å². The number of rotatable bonds is 13. The number of carbonyl (C=O) groups is 4. The molecule has 16 heteroatoms. The Bertz CT molecular complexity index is 2100. The average molecular weight is 751 g/mol. The van der Waals surface area contributed by atoms with Crippen LogP contribution in [0.2, 0.25) is 0 Å². The third-order valence-electron chi connectivity index (χ3n) is 8.12. The molecule has 0 heterocycles. The number of aromatic carboxylic acids is 1. The van der Waals surface area contributed by atoms with Gasteiger partial charge in [-0.25, -0.2) is 19.2 Å². The third-order valence-corrected chi connectivity index (χ3v) is 8.12. The average Bonchev–Trinajstić information content (AvgIpc) is 2.98. The van der Waals surface area contributed by atoms with Gasteiger partial charge in [0.2, 0.25) is 0 Å². The highest BCUT2D eigenvalue weighted by Gasteiger charge is 2.28. The molecule has 16 nitrogen and oxygen atoms in total. The summed E-state index contributed by atoms with van der Waals surface area (Å²) in [4.78, 5) is 51.3. The molecule has 0 radical (unpaired) electrons. The summed E-state index contributed by atoms with van der Waals surface area (Å²) in [5.41, 5.74) is -1.37. The molecule has 0 saturated heterocycles. The lowest BCUT2D eigenvalue weighted by Crippen LogP contribution is -2.23. The van der Waals surface area contributed by atoms with E-state index in [-0.39, 0.29) is 52.8 Å². The van der Waals surface area contributed by atoms with Gasteiger partial charge in [-0.2, -0.15) is 0 Å². The van der Waals surface area contributed by atoms with Crippen molar-refractivity contribution in [3.63, 3.8) is 0 Å². The highest BCUT2D eigenvalue weighted by atomic mass is 16.6. The fourth-order valence-electron chi connectivity index (χ4n) is 6.00. The van der Waals surface area contributed by atoms with E-state index in [0.717, 1.165) is 42.5 Å². The third kappa shape index (κ3) is 9.33. The normalized spacial score (nSPS) is 12.7. The van der Waals surface area contributed by atoms with E-state index >= 15 is 0 Å². The van der Waals surface area contributed by atoms with Gasteiger partial charge in [-0.1, -0.05) is 0 Å². The molecule has 0 bridgehead atoms. The van der Waals surface area contributed by atoms with Crippen molar-refractivity contribution in [2.24, 2.45) is 0 Å². The van der Waals surface area contributed by atoms with E-state index in [1.165, 1.54) is 33.8 Å². The van der Waals surface area contributed by atoms with Crippen molar-refractivity contribution in [3.8, 4) is 46.0 Å². The van der Waals surface area contributed by atoms with Crippen LogP contribution < -0.4 is 0 Å². The second-order valence-electron chi connectivity index (χ2n) is 12.7. The number of aromatic hydroxyl groups is 8. The summed E-state index contributed by atoms with van der Waals surface area (Å²) in [6, 6.07) is 8.17. The topological polar surface area (TPSA) is 278 Å². The van der Waals surface area contributed by atoms with Crippen LogP contribution in [0.5, 0.6) is 46.0 Å². The van der Waals surface area contributed by atoms with Crippen LogP contribution in [0.25, 0.3) is 0 Å². The van der Waals surface area contributed by atoms with Gasteiger partial charge in [0.15, 0.2) is 0 Å². The monoisotopic (exact) mass is 750 g/mol. The van der Waals surface area contributed by atoms with Crippen molar-refractivity contribution in [3.05, 3.63) is 93.0 Å². The maximum absolute atomic E-state index is 13.4. The Morgan fingerprint density at radius 2 is 0.741 bits per heavy atom. The molecule has 0 fully saturated rings. The van der Waals surface area contributed by atoms with Gasteiger partial charge in [-0.3, -0.25) is 0 Å². The number of carbonyl (C=O) groups excluding carboxylic acids is 3. The second-order valence-corrected chi connectivity index (χ2v) is 12.7. The lowest BCUT2D eigenvalue weighted by Gasteiger charge is -2.20. The number of esters is 3. The number of phenols is 8. The van der Waals surface area contributed by atoms with Crippen LogP contribution in [-0.2, 0) is 33.5 Å². The van der Waals surface area contributed by atoms with Crippen LogP contribution in [0.3, 0.4) is 0 Å². The Morgan fingerprint density at radius 3 is 1.07 bits per heavy atom. The predicted molar refractivity (Wildman–Crippen MR) is 187 cm³/mol. The number of ether oxygens (including phenoxy) is 3. The van der Waals surface area contributed by atoms with Gasteiger partial charge in [0.25, 0.3) is 0 Å². The molecule has 4 aromatic rings. The van der Waals surface area contributed by atoms with Crippen molar-refractivity contribution >= 4 is 23.9 Å². The fraction of sp³-hybridized carbons (Fsp3) is 0.263. The summed E-state index contributed by atoms with van der Waals surface area (Å²) in [6.45, 7) is 5.73. The van der Waals surface area contributed by atoms with Crippen LogP contribution in [0.1, 0.15) is 84.5 Å². The Hall–Kier alpha value is -6.84. The number of carboxylic acid groups (broad SMARTS) is 1. The smallest absolute Gasteiger partial charge is 0.342 e. The molecule has 0 unspecified atom stereocenters. The largest absolute Gasteiger partial charge is 0.508 e. The fourth-order valence-corrected chi connectivity index (χ4v) is 6.00. The van der Waals surface area contributed by atoms with Gasteiger partial charge >= 0.3 is 23.9 Å². The molecule has 3 atom stereocenters. The molecule has 0 aliphatic carbocycles. The van der Waals surface area contributed by atoms with E-state index in [4.69, 9.17) is 14.2 Å². The van der Waals surface area contributed by atoms with Crippen LogP contribution in [0.15, 0.2) is 48.5 Å². The molecule has 0 aromatic heterocycles. The lowest BCUT2D eigenvalue weighted by molar-refractivity contribution is 0.0326. The van der Waals surface area contributed by atoms with Crippen molar-refractivity contribution < 1.29 is 79.3 Å². The molecule has 286 valence electrons. The molecular formula is C38H38O16. The minimum atomic E-state index is -1.49. The standard InChI is InChI=1S/C38H38O16/c1-16-5-23(39)12-27(43)31(16)36(49)52-18(3)7-21-10-25(41)14-29(45)33(21)38(51)54-19(4)8-22-11-26(42)15-30(46)34(22)37(50)53-17(2)6-20-9-24(40)13-28(44)32(20)35(47)48/h5,9-15,17-19,39-46H,6-8H2,1-4H3,(H,47,48)/t17-,18-,19-/m0/s1. The summed E-state index contributed by atoms with van der Waals surface area (Å²) in [5.74, 6) is -8.80. The summed E-state index contributed by atoms with van der Waals surface area (Å²) in [7, 11) is 0. The number of phenolic OH excluding ortho intramolecular Hbond substituents is 7. The Labute approximate surface area is 307 Å². The molecule has 4 rings (SSSR count). The molecule has 0 amide bonds. The van der Waals surface area contributed by atoms with E-state index in [0.29, 0.717) is 0 Å². The van der Waals surface area contributed by atoms with Crippen LogP contribution in [-0.4, -0.2) is 88.1 Å². The minimum absolute atomic E-state index is 0.0102.